The van der Waals surface area contributed by atoms with Crippen LogP contribution in [-0.4, -0.2) is 4.21 Å². The van der Waals surface area contributed by atoms with Crippen molar-refractivity contribution in [1.29, 1.82) is 0 Å². The summed E-state index contributed by atoms with van der Waals surface area (Å²) in [5, 5.41) is 0. The largest absolute Gasteiger partial charge is 0.184 e. The summed E-state index contributed by atoms with van der Waals surface area (Å²) in [6.07, 6.45) is 25.2. The van der Waals surface area contributed by atoms with E-state index in [1.54, 1.807) is 0 Å². The van der Waals surface area contributed by atoms with E-state index in [2.05, 4.69) is 131 Å². The molecule has 0 aromatic heterocycles. The third kappa shape index (κ3) is 15.0. The van der Waals surface area contributed by atoms with Gasteiger partial charge in [0.2, 0.25) is 0 Å². The molecule has 0 unspecified atom stereocenters. The molecule has 4 aromatic rings. The van der Waals surface area contributed by atoms with Gasteiger partial charge >= 0.3 is 28.4 Å². The van der Waals surface area contributed by atoms with Crippen LogP contribution in [0.2, 0.25) is 0 Å². The van der Waals surface area contributed by atoms with E-state index in [9.17, 15) is 0 Å². The smallest absolute Gasteiger partial charge is 0.0386 e. The van der Waals surface area contributed by atoms with Crippen LogP contribution in [0.25, 0.3) is 11.1 Å². The molecule has 0 spiro atoms. The van der Waals surface area contributed by atoms with E-state index in [4.69, 9.17) is 0 Å². The Bertz CT molecular complexity index is 1550. The van der Waals surface area contributed by atoms with Gasteiger partial charge in [-0.05, 0) is 65.9 Å². The molecule has 0 amide bonds. The van der Waals surface area contributed by atoms with Crippen LogP contribution in [0.4, 0.5) is 0 Å². The fourth-order valence-electron chi connectivity index (χ4n) is 7.58. The summed E-state index contributed by atoms with van der Waals surface area (Å²) in [4.78, 5) is 0. The SMILES string of the molecule is CC(C)(C)c1[c-]c2c(cc1)-c1ccc(C(C)(C)C)cc1C2.Cl.Cl.[C-]1=CC=CC1.[CH2]=[Zr].[c-]1ccc(C2CCCCC2)cc1.[c-]1ccc(C2CCCCC2)cc1. The van der Waals surface area contributed by atoms with Crippen molar-refractivity contribution in [3.05, 3.63) is 155 Å². The Balaban J connectivity index is 0.000000264. The molecule has 8 rings (SSSR count). The zero-order valence-electron chi connectivity index (χ0n) is 33.9. The van der Waals surface area contributed by atoms with Gasteiger partial charge in [0, 0.05) is 0 Å². The number of halogens is 2. The van der Waals surface area contributed by atoms with Gasteiger partial charge in [-0.1, -0.05) is 104 Å². The first kappa shape index (κ1) is 47.8. The summed E-state index contributed by atoms with van der Waals surface area (Å²) >= 11 is 1.30. The third-order valence-electron chi connectivity index (χ3n) is 10.7. The zero-order valence-corrected chi connectivity index (χ0v) is 38.0. The quantitative estimate of drug-likeness (QED) is 0.155. The minimum Gasteiger partial charge on any atom is -0.184 e. The Morgan fingerprint density at radius 3 is 1.52 bits per heavy atom. The van der Waals surface area contributed by atoms with Crippen LogP contribution < -0.4 is 0 Å². The maximum atomic E-state index is 3.67. The molecule has 0 aliphatic heterocycles. The minimum atomic E-state index is 0. The predicted molar refractivity (Wildman–Crippen MR) is 236 cm³/mol. The second-order valence-electron chi connectivity index (χ2n) is 16.7. The van der Waals surface area contributed by atoms with Gasteiger partial charge in [-0.15, -0.1) is 42.4 Å². The monoisotopic (exact) mass is 836 g/mol. The van der Waals surface area contributed by atoms with Crippen molar-refractivity contribution in [3.63, 3.8) is 0 Å². The molecule has 54 heavy (non-hydrogen) atoms. The van der Waals surface area contributed by atoms with Crippen molar-refractivity contribution in [2.75, 3.05) is 0 Å². The molecule has 4 aliphatic rings. The van der Waals surface area contributed by atoms with Crippen LogP contribution in [0.1, 0.15) is 157 Å². The summed E-state index contributed by atoms with van der Waals surface area (Å²) in [5.74, 6) is 1.68. The fraction of sp³-hybridized carbons (Fsp3) is 0.431. The van der Waals surface area contributed by atoms with Crippen molar-refractivity contribution in [1.82, 2.24) is 0 Å². The van der Waals surface area contributed by atoms with Crippen LogP contribution in [0.3, 0.4) is 0 Å². The van der Waals surface area contributed by atoms with Gasteiger partial charge in [-0.2, -0.15) is 102 Å². The van der Waals surface area contributed by atoms with E-state index in [0.717, 1.165) is 24.7 Å². The summed E-state index contributed by atoms with van der Waals surface area (Å²) in [7, 11) is 0. The van der Waals surface area contributed by atoms with Crippen LogP contribution >= 0.6 is 24.8 Å². The second-order valence-corrected chi connectivity index (χ2v) is 16.7. The van der Waals surface area contributed by atoms with E-state index in [0.29, 0.717) is 0 Å². The molecule has 290 valence electrons. The fourth-order valence-corrected chi connectivity index (χ4v) is 7.58. The van der Waals surface area contributed by atoms with Gasteiger partial charge in [-0.25, -0.2) is 12.2 Å². The Morgan fingerprint density at radius 2 is 1.11 bits per heavy atom. The molecule has 0 N–H and O–H groups in total. The van der Waals surface area contributed by atoms with Crippen molar-refractivity contribution in [2.45, 2.75) is 141 Å². The van der Waals surface area contributed by atoms with E-state index in [-0.39, 0.29) is 35.6 Å². The molecule has 4 aliphatic carbocycles. The molecule has 0 atom stereocenters. The molecule has 2 saturated carbocycles. The number of benzene rings is 4. The first-order chi connectivity index (χ1) is 25.1. The maximum Gasteiger partial charge on any atom is -0.0386 e. The average Bonchev–Trinajstić information content (AvgIpc) is 3.89. The molecule has 0 bridgehead atoms. The van der Waals surface area contributed by atoms with Crippen molar-refractivity contribution in [2.24, 2.45) is 0 Å². The summed E-state index contributed by atoms with van der Waals surface area (Å²) in [5.41, 5.74) is 11.7. The first-order valence-corrected chi connectivity index (χ1v) is 21.5. The molecule has 0 radical (unpaired) electrons. The average molecular weight is 839 g/mol. The van der Waals surface area contributed by atoms with Crippen molar-refractivity contribution < 1.29 is 24.2 Å². The van der Waals surface area contributed by atoms with Gasteiger partial charge in [0.15, 0.2) is 0 Å². The van der Waals surface area contributed by atoms with Gasteiger partial charge in [0.1, 0.15) is 0 Å². The third-order valence-corrected chi connectivity index (χ3v) is 10.7. The number of allylic oxidation sites excluding steroid dienone is 4. The van der Waals surface area contributed by atoms with Crippen molar-refractivity contribution >= 4 is 29.0 Å². The molecule has 3 heteroatoms. The van der Waals surface area contributed by atoms with Crippen LogP contribution in [0, 0.1) is 24.3 Å². The maximum absolute atomic E-state index is 3.67. The van der Waals surface area contributed by atoms with E-state index in [1.807, 2.05) is 36.4 Å². The summed E-state index contributed by atoms with van der Waals surface area (Å²) < 4.78 is 3.34. The molecule has 0 nitrogen and oxygen atoms in total. The number of rotatable bonds is 2. The van der Waals surface area contributed by atoms with Crippen LogP contribution in [0.15, 0.2) is 97.1 Å². The van der Waals surface area contributed by atoms with Gasteiger partial charge < -0.3 is 0 Å². The number of fused-ring (bicyclic) bond motifs is 3. The van der Waals surface area contributed by atoms with Crippen LogP contribution in [0.5, 0.6) is 0 Å². The second kappa shape index (κ2) is 24.4. The summed E-state index contributed by atoms with van der Waals surface area (Å²) in [6, 6.07) is 38.3. The number of hydrogen-bond acceptors (Lipinski definition) is 0. The molecule has 2 fully saturated rings. The molecule has 0 heterocycles. The van der Waals surface area contributed by atoms with E-state index < -0.39 is 0 Å². The van der Waals surface area contributed by atoms with Crippen LogP contribution in [-0.2, 0) is 41.5 Å². The standard InChI is InChI=1S/C21H25.2C12H15.C5H5.CH2.2ClH.Zr/c1-20(2,3)16-7-9-18-14(12-16)11-15-13-17(21(4,5)6)8-10-19(15)18;2*1-3-7-11(8-4-1)12-9-5-2-6-10-12;1-2-4-5-3-1;;;;/h7-10,12H,11H2,1-6H3;2*5-6,9-11H,1,3-4,7-8H2;1-3H,4H2;1H2;2*1H;/q4*-1;;;;. The summed E-state index contributed by atoms with van der Waals surface area (Å²) in [6.45, 7) is 13.6. The molecular formula is C51H64Cl2Zr-4. The van der Waals surface area contributed by atoms with Gasteiger partial charge in [0.05, 0.1) is 0 Å². The van der Waals surface area contributed by atoms with Gasteiger partial charge in [0.25, 0.3) is 0 Å². The van der Waals surface area contributed by atoms with Crippen molar-refractivity contribution in [3.8, 4) is 11.1 Å². The Labute approximate surface area is 357 Å². The van der Waals surface area contributed by atoms with Gasteiger partial charge in [-0.3, -0.25) is 6.08 Å². The Kier molecular flexibility index (Phi) is 21.6. The molecular weight excluding hydrogens is 775 g/mol. The minimum absolute atomic E-state index is 0. The molecule has 0 saturated heterocycles. The Hall–Kier alpha value is -2.31. The number of hydrogen-bond donors (Lipinski definition) is 0. The predicted octanol–water partition coefficient (Wildman–Crippen LogP) is 14.8. The molecule has 4 aromatic carbocycles. The topological polar surface area (TPSA) is 0 Å². The van der Waals surface area contributed by atoms with E-state index in [1.165, 1.54) is 133 Å². The zero-order chi connectivity index (χ0) is 37.4. The normalized spacial score (nSPS) is 15.7. The first-order valence-electron chi connectivity index (χ1n) is 19.8. The van der Waals surface area contributed by atoms with E-state index >= 15 is 0 Å². The Morgan fingerprint density at radius 1 is 0.611 bits per heavy atom.